The van der Waals surface area contributed by atoms with Crippen LogP contribution in [0.3, 0.4) is 0 Å². The average molecular weight is 378 g/mol. The molecule has 0 radical (unpaired) electrons. The van der Waals surface area contributed by atoms with Crippen molar-refractivity contribution in [2.24, 2.45) is 0 Å². The van der Waals surface area contributed by atoms with Gasteiger partial charge in [0.05, 0.1) is 10.9 Å². The van der Waals surface area contributed by atoms with Gasteiger partial charge in [0.25, 0.3) is 11.5 Å². The van der Waals surface area contributed by atoms with Crippen molar-refractivity contribution >= 4 is 28.8 Å². The molecule has 8 heteroatoms. The number of anilines is 1. The molecule has 1 amide bonds. The van der Waals surface area contributed by atoms with E-state index in [2.05, 4.69) is 15.8 Å². The SMILES string of the molecule is CCn1c(NNC(=O)C=Cc2ccc3c(c2)OCO3)nc2ccccc2c1=O. The summed E-state index contributed by atoms with van der Waals surface area (Å²) in [5, 5.41) is 0.531. The van der Waals surface area contributed by atoms with Gasteiger partial charge in [-0.1, -0.05) is 18.2 Å². The number of para-hydroxylation sites is 1. The molecule has 1 aliphatic heterocycles. The van der Waals surface area contributed by atoms with Gasteiger partial charge >= 0.3 is 0 Å². The van der Waals surface area contributed by atoms with Crippen LogP contribution in [0.25, 0.3) is 17.0 Å². The van der Waals surface area contributed by atoms with Gasteiger partial charge in [-0.05, 0) is 42.8 Å². The van der Waals surface area contributed by atoms with Gasteiger partial charge in [-0.3, -0.25) is 25.0 Å². The van der Waals surface area contributed by atoms with Crippen molar-refractivity contribution in [1.29, 1.82) is 0 Å². The summed E-state index contributed by atoms with van der Waals surface area (Å²) in [6, 6.07) is 12.5. The van der Waals surface area contributed by atoms with Crippen molar-refractivity contribution in [3.8, 4) is 11.5 Å². The Kier molecular flexibility index (Phi) is 4.67. The molecule has 28 heavy (non-hydrogen) atoms. The summed E-state index contributed by atoms with van der Waals surface area (Å²) < 4.78 is 12.0. The predicted octanol–water partition coefficient (Wildman–Crippen LogP) is 2.30. The highest BCUT2D eigenvalue weighted by molar-refractivity contribution is 5.92. The van der Waals surface area contributed by atoms with Gasteiger partial charge in [0, 0.05) is 12.6 Å². The zero-order valence-electron chi connectivity index (χ0n) is 15.1. The van der Waals surface area contributed by atoms with Crippen molar-refractivity contribution in [2.45, 2.75) is 13.5 Å². The molecule has 0 atom stereocenters. The van der Waals surface area contributed by atoms with E-state index in [1.807, 2.05) is 19.1 Å². The third-order valence-electron chi connectivity index (χ3n) is 4.30. The first-order valence-electron chi connectivity index (χ1n) is 8.79. The number of nitrogens with one attached hydrogen (secondary N) is 2. The lowest BCUT2D eigenvalue weighted by molar-refractivity contribution is -0.116. The van der Waals surface area contributed by atoms with E-state index in [9.17, 15) is 9.59 Å². The lowest BCUT2D eigenvalue weighted by Gasteiger charge is -2.13. The van der Waals surface area contributed by atoms with Gasteiger partial charge in [0.2, 0.25) is 12.7 Å². The van der Waals surface area contributed by atoms with Crippen LogP contribution in [-0.4, -0.2) is 22.3 Å². The number of carbonyl (C=O) groups excluding carboxylic acids is 1. The fraction of sp³-hybridized carbons (Fsp3) is 0.150. The molecule has 0 saturated heterocycles. The standard InChI is InChI=1S/C20H18N4O4/c1-2-24-19(26)14-5-3-4-6-15(14)21-20(24)23-22-18(25)10-8-13-7-9-16-17(11-13)28-12-27-16/h3-11H,2,12H2,1H3,(H,21,23)(H,22,25). The fourth-order valence-electron chi connectivity index (χ4n) is 2.90. The zero-order valence-corrected chi connectivity index (χ0v) is 15.1. The Morgan fingerprint density at radius 1 is 1.21 bits per heavy atom. The highest BCUT2D eigenvalue weighted by atomic mass is 16.7. The summed E-state index contributed by atoms with van der Waals surface area (Å²) in [7, 11) is 0. The quantitative estimate of drug-likeness (QED) is 0.523. The number of rotatable bonds is 5. The minimum Gasteiger partial charge on any atom is -0.454 e. The van der Waals surface area contributed by atoms with E-state index >= 15 is 0 Å². The van der Waals surface area contributed by atoms with E-state index < -0.39 is 0 Å². The third kappa shape index (κ3) is 3.39. The van der Waals surface area contributed by atoms with Crippen LogP contribution in [0.1, 0.15) is 12.5 Å². The van der Waals surface area contributed by atoms with Crippen LogP contribution in [0.15, 0.2) is 53.3 Å². The van der Waals surface area contributed by atoms with Crippen molar-refractivity contribution in [3.05, 3.63) is 64.5 Å². The lowest BCUT2D eigenvalue weighted by Crippen LogP contribution is -2.33. The van der Waals surface area contributed by atoms with Crippen LogP contribution < -0.4 is 25.9 Å². The van der Waals surface area contributed by atoms with Gasteiger partial charge in [0.15, 0.2) is 11.5 Å². The average Bonchev–Trinajstić information content (AvgIpc) is 3.19. The Hall–Kier alpha value is -3.81. The maximum Gasteiger partial charge on any atom is 0.262 e. The molecule has 1 aromatic heterocycles. The molecule has 1 aliphatic rings. The minimum absolute atomic E-state index is 0.166. The molecule has 142 valence electrons. The van der Waals surface area contributed by atoms with Gasteiger partial charge in [-0.15, -0.1) is 0 Å². The van der Waals surface area contributed by atoms with Crippen LogP contribution in [-0.2, 0) is 11.3 Å². The topological polar surface area (TPSA) is 94.5 Å². The summed E-state index contributed by atoms with van der Waals surface area (Å²) in [5.41, 5.74) is 6.46. The molecular weight excluding hydrogens is 360 g/mol. The summed E-state index contributed by atoms with van der Waals surface area (Å²) in [6.45, 7) is 2.46. The van der Waals surface area contributed by atoms with Crippen LogP contribution >= 0.6 is 0 Å². The fourth-order valence-corrected chi connectivity index (χ4v) is 2.90. The molecule has 2 aromatic carbocycles. The summed E-state index contributed by atoms with van der Waals surface area (Å²) in [6.07, 6.45) is 3.03. The van der Waals surface area contributed by atoms with Crippen LogP contribution in [0, 0.1) is 0 Å². The van der Waals surface area contributed by atoms with E-state index in [4.69, 9.17) is 9.47 Å². The second-order valence-electron chi connectivity index (χ2n) is 6.06. The number of hydrogen-bond acceptors (Lipinski definition) is 6. The minimum atomic E-state index is -0.386. The second kappa shape index (κ2) is 7.43. The first kappa shape index (κ1) is 17.6. The monoisotopic (exact) mass is 378 g/mol. The third-order valence-corrected chi connectivity index (χ3v) is 4.30. The number of hydrogen-bond donors (Lipinski definition) is 2. The Morgan fingerprint density at radius 3 is 2.89 bits per heavy atom. The molecule has 4 rings (SSSR count). The zero-order chi connectivity index (χ0) is 19.5. The first-order valence-corrected chi connectivity index (χ1v) is 8.79. The number of amides is 1. The normalized spacial score (nSPS) is 12.5. The van der Waals surface area contributed by atoms with E-state index in [0.29, 0.717) is 28.9 Å². The Balaban J connectivity index is 1.48. The van der Waals surface area contributed by atoms with Crippen molar-refractivity contribution < 1.29 is 14.3 Å². The number of carbonyl (C=O) groups is 1. The van der Waals surface area contributed by atoms with Crippen LogP contribution in [0.4, 0.5) is 5.95 Å². The van der Waals surface area contributed by atoms with Gasteiger partial charge < -0.3 is 9.47 Å². The highest BCUT2D eigenvalue weighted by Crippen LogP contribution is 2.32. The van der Waals surface area contributed by atoms with E-state index in [-0.39, 0.29) is 24.2 Å². The smallest absolute Gasteiger partial charge is 0.262 e. The van der Waals surface area contributed by atoms with Crippen molar-refractivity contribution in [2.75, 3.05) is 12.2 Å². The van der Waals surface area contributed by atoms with E-state index in [1.54, 1.807) is 36.4 Å². The molecule has 0 unspecified atom stereocenters. The molecule has 2 N–H and O–H groups in total. The maximum absolute atomic E-state index is 12.6. The molecule has 0 bridgehead atoms. The molecule has 8 nitrogen and oxygen atoms in total. The summed E-state index contributed by atoms with van der Waals surface area (Å²) >= 11 is 0. The predicted molar refractivity (Wildman–Crippen MR) is 105 cm³/mol. The van der Waals surface area contributed by atoms with Crippen molar-refractivity contribution in [1.82, 2.24) is 15.0 Å². The van der Waals surface area contributed by atoms with Crippen LogP contribution in [0.5, 0.6) is 11.5 Å². The lowest BCUT2D eigenvalue weighted by atomic mass is 10.2. The second-order valence-corrected chi connectivity index (χ2v) is 6.06. The molecule has 0 saturated carbocycles. The van der Waals surface area contributed by atoms with Gasteiger partial charge in [0.1, 0.15) is 0 Å². The maximum atomic E-state index is 12.6. The molecule has 0 spiro atoms. The molecular formula is C20H18N4O4. The summed E-state index contributed by atoms with van der Waals surface area (Å²) in [4.78, 5) is 29.1. The number of ether oxygens (including phenoxy) is 2. The van der Waals surface area contributed by atoms with E-state index in [1.165, 1.54) is 10.6 Å². The molecule has 3 aromatic rings. The van der Waals surface area contributed by atoms with Gasteiger partial charge in [-0.2, -0.15) is 0 Å². The highest BCUT2D eigenvalue weighted by Gasteiger charge is 2.12. The first-order chi connectivity index (χ1) is 13.7. The number of nitrogens with zero attached hydrogens (tertiary/aromatic N) is 2. The Labute approximate surface area is 160 Å². The van der Waals surface area contributed by atoms with Crippen molar-refractivity contribution in [3.63, 3.8) is 0 Å². The van der Waals surface area contributed by atoms with Crippen LogP contribution in [0.2, 0.25) is 0 Å². The number of benzene rings is 2. The molecule has 0 fully saturated rings. The van der Waals surface area contributed by atoms with E-state index in [0.717, 1.165) is 5.56 Å². The summed E-state index contributed by atoms with van der Waals surface area (Å²) in [5.74, 6) is 1.22. The number of hydrazine groups is 1. The molecule has 2 heterocycles. The molecule has 0 aliphatic carbocycles. The largest absolute Gasteiger partial charge is 0.454 e. The Morgan fingerprint density at radius 2 is 2.04 bits per heavy atom. The Bertz CT molecular complexity index is 1140. The van der Waals surface area contributed by atoms with Gasteiger partial charge in [-0.25, -0.2) is 4.98 Å². The number of aromatic nitrogens is 2. The number of fused-ring (bicyclic) bond motifs is 2.